The van der Waals surface area contributed by atoms with Gasteiger partial charge in [0.15, 0.2) is 16.3 Å². The molecule has 1 aromatic heterocycles. The van der Waals surface area contributed by atoms with Gasteiger partial charge in [0.25, 0.3) is 5.56 Å². The Bertz CT molecular complexity index is 1910. The van der Waals surface area contributed by atoms with Crippen LogP contribution in [0.1, 0.15) is 36.6 Å². The maximum absolute atomic E-state index is 14.0. The van der Waals surface area contributed by atoms with E-state index in [9.17, 15) is 9.59 Å². The van der Waals surface area contributed by atoms with Crippen molar-refractivity contribution in [3.63, 3.8) is 0 Å². The Morgan fingerprint density at radius 2 is 1.86 bits per heavy atom. The van der Waals surface area contributed by atoms with Crippen LogP contribution in [-0.4, -0.2) is 30.9 Å². The molecule has 0 unspecified atom stereocenters. The van der Waals surface area contributed by atoms with Gasteiger partial charge in [0.2, 0.25) is 0 Å². The summed E-state index contributed by atoms with van der Waals surface area (Å²) in [6.07, 6.45) is 3.44. The lowest BCUT2D eigenvalue weighted by molar-refractivity contribution is -0.139. The summed E-state index contributed by atoms with van der Waals surface area (Å²) in [5.74, 6) is 1.18. The molecule has 5 rings (SSSR count). The van der Waals surface area contributed by atoms with Gasteiger partial charge in [0, 0.05) is 10.6 Å². The molecule has 1 aliphatic rings. The minimum atomic E-state index is -0.726. The van der Waals surface area contributed by atoms with Gasteiger partial charge in [-0.1, -0.05) is 72.0 Å². The molecule has 0 N–H and O–H groups in total. The highest BCUT2D eigenvalue weighted by Crippen LogP contribution is 2.32. The average Bonchev–Trinajstić information content (AvgIpc) is 3.33. The van der Waals surface area contributed by atoms with E-state index in [1.807, 2.05) is 42.5 Å². The molecule has 4 aromatic rings. The van der Waals surface area contributed by atoms with E-state index in [0.717, 1.165) is 16.7 Å². The van der Waals surface area contributed by atoms with Crippen molar-refractivity contribution >= 4 is 35.0 Å². The van der Waals surface area contributed by atoms with Crippen molar-refractivity contribution in [1.29, 1.82) is 0 Å². The molecular formula is C34H31ClN2O6S. The fourth-order valence-electron chi connectivity index (χ4n) is 4.82. The molecule has 2 heterocycles. The van der Waals surface area contributed by atoms with E-state index in [-0.39, 0.29) is 18.8 Å². The Labute approximate surface area is 263 Å². The highest BCUT2D eigenvalue weighted by molar-refractivity contribution is 7.07. The molecule has 0 spiro atoms. The number of halogens is 1. The lowest BCUT2D eigenvalue weighted by atomic mass is 9.96. The van der Waals surface area contributed by atoms with Crippen LogP contribution >= 0.6 is 22.9 Å². The molecule has 0 aliphatic carbocycles. The van der Waals surface area contributed by atoms with E-state index in [1.165, 1.54) is 11.3 Å². The standard InChI is InChI=1S/C34H31ClN2O6S/c1-5-17-42-25-14-12-23(13-15-25)31-30(33(39)41-6-2)21(3)36-34-37(31)32(38)29(44-34)19-22-11-16-27(28(18-22)40-4)43-20-24-9-7-8-10-26(24)35/h5,7-16,18-19,31H,1,6,17,20H2,2-4H3/b29-19-/t31-/m0/s1. The number of rotatable bonds is 11. The zero-order valence-electron chi connectivity index (χ0n) is 24.5. The van der Waals surface area contributed by atoms with E-state index >= 15 is 0 Å². The zero-order chi connectivity index (χ0) is 31.2. The molecule has 1 atom stereocenters. The number of aromatic nitrogens is 1. The van der Waals surface area contributed by atoms with Gasteiger partial charge in [0.05, 0.1) is 35.6 Å². The first-order valence-electron chi connectivity index (χ1n) is 13.9. The maximum atomic E-state index is 14.0. The van der Waals surface area contributed by atoms with Crippen molar-refractivity contribution in [2.24, 2.45) is 4.99 Å². The number of ether oxygens (including phenoxy) is 4. The Morgan fingerprint density at radius 3 is 2.57 bits per heavy atom. The van der Waals surface area contributed by atoms with Crippen molar-refractivity contribution in [3.8, 4) is 17.2 Å². The Kier molecular flexibility index (Phi) is 9.67. The topological polar surface area (TPSA) is 88.4 Å². The van der Waals surface area contributed by atoms with E-state index in [0.29, 0.717) is 49.5 Å². The summed E-state index contributed by atoms with van der Waals surface area (Å²) in [5, 5.41) is 0.620. The average molecular weight is 631 g/mol. The number of thiazole rings is 1. The molecule has 0 bridgehead atoms. The number of allylic oxidation sites excluding steroid dienone is 1. The maximum Gasteiger partial charge on any atom is 0.338 e. The number of carbonyl (C=O) groups is 1. The molecule has 0 radical (unpaired) electrons. The first-order chi connectivity index (χ1) is 21.3. The number of methoxy groups -OCH3 is 1. The van der Waals surface area contributed by atoms with Crippen LogP contribution in [0.3, 0.4) is 0 Å². The summed E-state index contributed by atoms with van der Waals surface area (Å²) in [5.41, 5.74) is 2.84. The summed E-state index contributed by atoms with van der Waals surface area (Å²) in [7, 11) is 1.56. The third-order valence-electron chi connectivity index (χ3n) is 6.91. The minimum Gasteiger partial charge on any atom is -0.493 e. The second-order valence-electron chi connectivity index (χ2n) is 9.76. The first kappa shape index (κ1) is 30.8. The van der Waals surface area contributed by atoms with Gasteiger partial charge >= 0.3 is 5.97 Å². The third kappa shape index (κ3) is 6.49. The van der Waals surface area contributed by atoms with Gasteiger partial charge in [-0.2, -0.15) is 0 Å². The molecule has 0 saturated carbocycles. The summed E-state index contributed by atoms with van der Waals surface area (Å²) < 4.78 is 24.6. The van der Waals surface area contributed by atoms with Crippen LogP contribution in [0.4, 0.5) is 0 Å². The molecular weight excluding hydrogens is 600 g/mol. The summed E-state index contributed by atoms with van der Waals surface area (Å²) in [4.78, 5) is 32.2. The van der Waals surface area contributed by atoms with Gasteiger partial charge in [-0.25, -0.2) is 9.79 Å². The van der Waals surface area contributed by atoms with Crippen molar-refractivity contribution < 1.29 is 23.7 Å². The molecule has 10 heteroatoms. The van der Waals surface area contributed by atoms with Crippen molar-refractivity contribution in [2.45, 2.75) is 26.5 Å². The lowest BCUT2D eigenvalue weighted by Gasteiger charge is -2.24. The van der Waals surface area contributed by atoms with Crippen LogP contribution in [0.2, 0.25) is 5.02 Å². The predicted octanol–water partition coefficient (Wildman–Crippen LogP) is 5.60. The Balaban J connectivity index is 1.53. The smallest absolute Gasteiger partial charge is 0.338 e. The molecule has 44 heavy (non-hydrogen) atoms. The number of benzene rings is 3. The lowest BCUT2D eigenvalue weighted by Crippen LogP contribution is -2.39. The molecule has 0 fully saturated rings. The van der Waals surface area contributed by atoms with Crippen LogP contribution < -0.4 is 29.1 Å². The number of carbonyl (C=O) groups excluding carboxylic acids is 1. The van der Waals surface area contributed by atoms with Crippen LogP contribution in [0.15, 0.2) is 100 Å². The van der Waals surface area contributed by atoms with Crippen LogP contribution in [0.5, 0.6) is 17.2 Å². The van der Waals surface area contributed by atoms with Gasteiger partial charge in [0.1, 0.15) is 19.0 Å². The second kappa shape index (κ2) is 13.8. The quantitative estimate of drug-likeness (QED) is 0.158. The second-order valence-corrected chi connectivity index (χ2v) is 11.2. The SMILES string of the molecule is C=CCOc1ccc([C@H]2C(C(=O)OCC)=C(C)N=c3s/c(=C\c4ccc(OCc5ccccc5Cl)c(OC)c4)c(=O)n32)cc1. The minimum absolute atomic E-state index is 0.195. The van der Waals surface area contributed by atoms with Gasteiger partial charge in [-0.3, -0.25) is 9.36 Å². The highest BCUT2D eigenvalue weighted by atomic mass is 35.5. The fourth-order valence-corrected chi connectivity index (χ4v) is 6.06. The third-order valence-corrected chi connectivity index (χ3v) is 8.26. The molecule has 0 saturated heterocycles. The van der Waals surface area contributed by atoms with Crippen molar-refractivity contribution in [2.75, 3.05) is 20.3 Å². The number of fused-ring (bicyclic) bond motifs is 1. The molecule has 1 aliphatic heterocycles. The summed E-state index contributed by atoms with van der Waals surface area (Å²) in [6.45, 7) is 8.00. The Hall–Kier alpha value is -4.60. The van der Waals surface area contributed by atoms with E-state index in [2.05, 4.69) is 11.6 Å². The van der Waals surface area contributed by atoms with Gasteiger partial charge in [-0.15, -0.1) is 0 Å². The normalized spacial score (nSPS) is 14.5. The number of hydrogen-bond acceptors (Lipinski definition) is 8. The van der Waals surface area contributed by atoms with Crippen molar-refractivity contribution in [3.05, 3.63) is 132 Å². The van der Waals surface area contributed by atoms with E-state index in [4.69, 9.17) is 30.5 Å². The molecule has 8 nitrogen and oxygen atoms in total. The molecule has 0 amide bonds. The summed E-state index contributed by atoms with van der Waals surface area (Å²) >= 11 is 7.52. The first-order valence-corrected chi connectivity index (χ1v) is 15.1. The number of hydrogen-bond donors (Lipinski definition) is 0. The highest BCUT2D eigenvalue weighted by Gasteiger charge is 2.33. The van der Waals surface area contributed by atoms with Crippen LogP contribution in [-0.2, 0) is 16.1 Å². The van der Waals surface area contributed by atoms with Gasteiger partial charge < -0.3 is 18.9 Å². The summed E-state index contributed by atoms with van der Waals surface area (Å²) in [6, 6.07) is 19.5. The number of esters is 1. The van der Waals surface area contributed by atoms with Crippen LogP contribution in [0, 0.1) is 0 Å². The molecule has 226 valence electrons. The Morgan fingerprint density at radius 1 is 1.09 bits per heavy atom. The number of nitrogens with zero attached hydrogens (tertiary/aromatic N) is 2. The van der Waals surface area contributed by atoms with Crippen LogP contribution in [0.25, 0.3) is 6.08 Å². The predicted molar refractivity (Wildman–Crippen MR) is 171 cm³/mol. The van der Waals surface area contributed by atoms with Gasteiger partial charge in [-0.05, 0) is 61.4 Å². The largest absolute Gasteiger partial charge is 0.493 e. The van der Waals surface area contributed by atoms with E-state index in [1.54, 1.807) is 61.9 Å². The zero-order valence-corrected chi connectivity index (χ0v) is 26.1. The molecule has 3 aromatic carbocycles. The van der Waals surface area contributed by atoms with Crippen molar-refractivity contribution in [1.82, 2.24) is 4.57 Å². The fraction of sp³-hybridized carbons (Fsp3) is 0.206. The monoisotopic (exact) mass is 630 g/mol. The van der Waals surface area contributed by atoms with E-state index < -0.39 is 12.0 Å².